The third kappa shape index (κ3) is 5.22. The minimum absolute atomic E-state index is 0.501. The van der Waals surface area contributed by atoms with E-state index in [1.165, 1.54) is 0 Å². The van der Waals surface area contributed by atoms with Gasteiger partial charge in [0.15, 0.2) is 0 Å². The maximum absolute atomic E-state index is 7.30. The second-order valence-corrected chi connectivity index (χ2v) is 2.29. The summed E-state index contributed by atoms with van der Waals surface area (Å²) in [6.07, 6.45) is 5.15. The Labute approximate surface area is 62.0 Å². The molecule has 0 saturated carbocycles. The molecule has 0 spiro atoms. The summed E-state index contributed by atoms with van der Waals surface area (Å²) in [6, 6.07) is 0. The molecule has 0 aromatic heterocycles. The van der Waals surface area contributed by atoms with Crippen molar-refractivity contribution >= 4 is 11.4 Å². The predicted octanol–water partition coefficient (Wildman–Crippen LogP) is 2.40. The molecular formula is C8H14N2. The zero-order chi connectivity index (χ0) is 7.98. The molecule has 0 aliphatic rings. The van der Waals surface area contributed by atoms with E-state index in [4.69, 9.17) is 10.8 Å². The standard InChI is InChI=1S/C8H14N2/c1-3-4-8(10)6-5-7(2)9/h5-6,9-10H,3-4H2,1-2H3/b6-5-,9-7?,10-8?. The Balaban J connectivity index is 3.67. The molecule has 0 bridgehead atoms. The lowest BCUT2D eigenvalue weighted by atomic mass is 10.2. The Morgan fingerprint density at radius 3 is 2.30 bits per heavy atom. The predicted molar refractivity (Wildman–Crippen MR) is 45.2 cm³/mol. The fraction of sp³-hybridized carbons (Fsp3) is 0.500. The number of allylic oxidation sites excluding steroid dienone is 2. The van der Waals surface area contributed by atoms with Crippen molar-refractivity contribution in [3.63, 3.8) is 0 Å². The first-order chi connectivity index (χ1) is 4.66. The summed E-state index contributed by atoms with van der Waals surface area (Å²) in [7, 11) is 0. The number of hydrogen-bond donors (Lipinski definition) is 2. The van der Waals surface area contributed by atoms with E-state index in [1.54, 1.807) is 19.1 Å². The smallest absolute Gasteiger partial charge is 0.0314 e. The molecule has 0 radical (unpaired) electrons. The van der Waals surface area contributed by atoms with Gasteiger partial charge in [0.25, 0.3) is 0 Å². The maximum atomic E-state index is 7.30. The van der Waals surface area contributed by atoms with Gasteiger partial charge in [-0.1, -0.05) is 13.3 Å². The molecule has 0 aliphatic heterocycles. The molecule has 0 saturated heterocycles. The van der Waals surface area contributed by atoms with Gasteiger partial charge in [-0.25, -0.2) is 0 Å². The topological polar surface area (TPSA) is 47.7 Å². The first-order valence-corrected chi connectivity index (χ1v) is 3.47. The minimum Gasteiger partial charge on any atom is -0.306 e. The number of nitrogens with one attached hydrogen (secondary N) is 2. The van der Waals surface area contributed by atoms with Crippen molar-refractivity contribution in [3.05, 3.63) is 12.2 Å². The van der Waals surface area contributed by atoms with Crippen molar-refractivity contribution in [1.82, 2.24) is 0 Å². The lowest BCUT2D eigenvalue weighted by Gasteiger charge is -1.91. The fourth-order valence-corrected chi connectivity index (χ4v) is 0.578. The fourth-order valence-electron chi connectivity index (χ4n) is 0.578. The summed E-state index contributed by atoms with van der Waals surface area (Å²) in [5.74, 6) is 0. The highest BCUT2D eigenvalue weighted by Gasteiger charge is 1.86. The zero-order valence-electron chi connectivity index (χ0n) is 6.57. The van der Waals surface area contributed by atoms with E-state index < -0.39 is 0 Å². The zero-order valence-corrected chi connectivity index (χ0v) is 6.57. The van der Waals surface area contributed by atoms with Crippen molar-refractivity contribution in [2.45, 2.75) is 26.7 Å². The molecule has 2 nitrogen and oxygen atoms in total. The number of hydrogen-bond acceptors (Lipinski definition) is 2. The van der Waals surface area contributed by atoms with Crippen LogP contribution in [0.4, 0.5) is 0 Å². The molecule has 0 fully saturated rings. The van der Waals surface area contributed by atoms with Crippen molar-refractivity contribution in [2.24, 2.45) is 0 Å². The molecule has 0 aromatic carbocycles. The molecule has 0 atom stereocenters. The van der Waals surface area contributed by atoms with Gasteiger partial charge in [0.1, 0.15) is 0 Å². The Morgan fingerprint density at radius 2 is 1.90 bits per heavy atom. The molecule has 2 heteroatoms. The van der Waals surface area contributed by atoms with Crippen molar-refractivity contribution < 1.29 is 0 Å². The van der Waals surface area contributed by atoms with Gasteiger partial charge in [0.2, 0.25) is 0 Å². The van der Waals surface area contributed by atoms with Gasteiger partial charge < -0.3 is 10.8 Å². The van der Waals surface area contributed by atoms with Gasteiger partial charge in [-0.05, 0) is 25.5 Å². The van der Waals surface area contributed by atoms with Crippen LogP contribution in [0.25, 0.3) is 0 Å². The highest BCUT2D eigenvalue weighted by molar-refractivity contribution is 5.99. The summed E-state index contributed by atoms with van der Waals surface area (Å²) in [6.45, 7) is 3.75. The molecule has 0 unspecified atom stereocenters. The Morgan fingerprint density at radius 1 is 1.30 bits per heavy atom. The molecule has 2 N–H and O–H groups in total. The average molecular weight is 138 g/mol. The van der Waals surface area contributed by atoms with E-state index >= 15 is 0 Å². The second-order valence-electron chi connectivity index (χ2n) is 2.29. The Hall–Kier alpha value is -0.920. The molecule has 0 heterocycles. The van der Waals surface area contributed by atoms with Gasteiger partial charge in [0, 0.05) is 11.4 Å². The molecule has 0 amide bonds. The van der Waals surface area contributed by atoms with Crippen LogP contribution < -0.4 is 0 Å². The summed E-state index contributed by atoms with van der Waals surface area (Å²) >= 11 is 0. The van der Waals surface area contributed by atoms with Crippen LogP contribution in [0.3, 0.4) is 0 Å². The highest BCUT2D eigenvalue weighted by atomic mass is 14.4. The van der Waals surface area contributed by atoms with Crippen LogP contribution in [0.5, 0.6) is 0 Å². The monoisotopic (exact) mass is 138 g/mol. The average Bonchev–Trinajstić information content (AvgIpc) is 1.85. The molecule has 0 aliphatic carbocycles. The SMILES string of the molecule is CCCC(=N)/C=C\C(C)=N. The van der Waals surface area contributed by atoms with E-state index in [9.17, 15) is 0 Å². The van der Waals surface area contributed by atoms with Crippen LogP contribution in [-0.2, 0) is 0 Å². The van der Waals surface area contributed by atoms with E-state index in [-0.39, 0.29) is 0 Å². The lowest BCUT2D eigenvalue weighted by Crippen LogP contribution is -1.90. The van der Waals surface area contributed by atoms with Crippen molar-refractivity contribution in [3.8, 4) is 0 Å². The summed E-state index contributed by atoms with van der Waals surface area (Å²) in [4.78, 5) is 0. The lowest BCUT2D eigenvalue weighted by molar-refractivity contribution is 0.990. The summed E-state index contributed by atoms with van der Waals surface area (Å²) < 4.78 is 0. The van der Waals surface area contributed by atoms with Crippen molar-refractivity contribution in [2.75, 3.05) is 0 Å². The molecule has 10 heavy (non-hydrogen) atoms. The van der Waals surface area contributed by atoms with Gasteiger partial charge in [-0.15, -0.1) is 0 Å². The van der Waals surface area contributed by atoms with Gasteiger partial charge >= 0.3 is 0 Å². The van der Waals surface area contributed by atoms with Gasteiger partial charge in [0.05, 0.1) is 0 Å². The third-order valence-electron chi connectivity index (χ3n) is 1.05. The third-order valence-corrected chi connectivity index (χ3v) is 1.05. The van der Waals surface area contributed by atoms with Gasteiger partial charge in [-0.2, -0.15) is 0 Å². The molecule has 0 aromatic rings. The largest absolute Gasteiger partial charge is 0.306 e. The molecule has 0 rings (SSSR count). The first kappa shape index (κ1) is 9.08. The van der Waals surface area contributed by atoms with Crippen LogP contribution in [0.1, 0.15) is 26.7 Å². The Bertz CT molecular complexity index is 157. The van der Waals surface area contributed by atoms with E-state index in [0.29, 0.717) is 11.4 Å². The van der Waals surface area contributed by atoms with Crippen LogP contribution in [0, 0.1) is 10.8 Å². The highest BCUT2D eigenvalue weighted by Crippen LogP contribution is 1.90. The van der Waals surface area contributed by atoms with E-state index in [1.807, 2.05) is 6.92 Å². The number of rotatable bonds is 4. The second kappa shape index (κ2) is 4.91. The van der Waals surface area contributed by atoms with E-state index in [2.05, 4.69) is 0 Å². The summed E-state index contributed by atoms with van der Waals surface area (Å²) in [5, 5.41) is 14.3. The van der Waals surface area contributed by atoms with Crippen LogP contribution in [0.2, 0.25) is 0 Å². The minimum atomic E-state index is 0.501. The van der Waals surface area contributed by atoms with E-state index in [0.717, 1.165) is 12.8 Å². The van der Waals surface area contributed by atoms with Crippen molar-refractivity contribution in [1.29, 1.82) is 10.8 Å². The molecule has 56 valence electrons. The first-order valence-electron chi connectivity index (χ1n) is 3.47. The Kier molecular flexibility index (Phi) is 4.46. The maximum Gasteiger partial charge on any atom is 0.0314 e. The normalized spacial score (nSPS) is 10.2. The van der Waals surface area contributed by atoms with Gasteiger partial charge in [-0.3, -0.25) is 0 Å². The van der Waals surface area contributed by atoms with Crippen LogP contribution >= 0.6 is 0 Å². The summed E-state index contributed by atoms with van der Waals surface area (Å²) in [5.41, 5.74) is 1.11. The van der Waals surface area contributed by atoms with Crippen LogP contribution in [0.15, 0.2) is 12.2 Å². The van der Waals surface area contributed by atoms with Crippen LogP contribution in [-0.4, -0.2) is 11.4 Å². The molecular weight excluding hydrogens is 124 g/mol. The quantitative estimate of drug-likeness (QED) is 0.560.